The molecule has 5 nitrogen and oxygen atoms in total. The zero-order valence-electron chi connectivity index (χ0n) is 14.9. The highest BCUT2D eigenvalue weighted by molar-refractivity contribution is 5.97. The number of likely N-dealkylation sites (N-methyl/N-ethyl adjacent to an activating group) is 1. The average Bonchev–Trinajstić information content (AvgIpc) is 2.66. The minimum absolute atomic E-state index is 0. The van der Waals surface area contributed by atoms with Gasteiger partial charge in [0.2, 0.25) is 5.91 Å². The number of halogens is 1. The summed E-state index contributed by atoms with van der Waals surface area (Å²) in [6, 6.07) is 18.0. The summed E-state index contributed by atoms with van der Waals surface area (Å²) in [4.78, 5) is 24.9. The number of carbonyl (C=O) groups excluding carboxylic acids is 2. The molecular weight excluding hydrogens is 350 g/mol. The monoisotopic (exact) mass is 375 g/mol. The van der Waals surface area contributed by atoms with Crippen molar-refractivity contribution in [1.29, 1.82) is 0 Å². The van der Waals surface area contributed by atoms with E-state index < -0.39 is 6.04 Å². The Bertz CT molecular complexity index is 665. The van der Waals surface area contributed by atoms with Crippen LogP contribution in [-0.4, -0.2) is 37.5 Å². The molecule has 0 aliphatic heterocycles. The molecule has 0 aromatic heterocycles. The van der Waals surface area contributed by atoms with E-state index in [1.165, 1.54) is 0 Å². The molecule has 0 aliphatic rings. The van der Waals surface area contributed by atoms with Gasteiger partial charge in [0.15, 0.2) is 0 Å². The Morgan fingerprint density at radius 1 is 0.923 bits per heavy atom. The van der Waals surface area contributed by atoms with Crippen LogP contribution in [0.5, 0.6) is 0 Å². The lowest BCUT2D eigenvalue weighted by Crippen LogP contribution is -2.49. The third kappa shape index (κ3) is 7.25. The van der Waals surface area contributed by atoms with Gasteiger partial charge in [-0.1, -0.05) is 55.5 Å². The Morgan fingerprint density at radius 3 is 2.15 bits per heavy atom. The van der Waals surface area contributed by atoms with Gasteiger partial charge in [-0.3, -0.25) is 9.59 Å². The molecule has 1 unspecified atom stereocenters. The Balaban J connectivity index is 0.00000338. The number of hydrogen-bond donors (Lipinski definition) is 3. The maximum absolute atomic E-state index is 12.5. The second-order valence-corrected chi connectivity index (χ2v) is 5.73. The zero-order valence-corrected chi connectivity index (χ0v) is 15.7. The van der Waals surface area contributed by atoms with E-state index in [1.54, 1.807) is 24.3 Å². The molecule has 2 aromatic rings. The second kappa shape index (κ2) is 12.1. The molecule has 26 heavy (non-hydrogen) atoms. The van der Waals surface area contributed by atoms with Crippen LogP contribution in [0.2, 0.25) is 0 Å². The molecule has 0 saturated heterocycles. The van der Waals surface area contributed by atoms with Crippen molar-refractivity contribution in [2.24, 2.45) is 0 Å². The summed E-state index contributed by atoms with van der Waals surface area (Å²) >= 11 is 0. The maximum atomic E-state index is 12.5. The fourth-order valence-electron chi connectivity index (χ4n) is 2.46. The first-order valence-electron chi connectivity index (χ1n) is 8.59. The summed E-state index contributed by atoms with van der Waals surface area (Å²) < 4.78 is 0. The summed E-state index contributed by atoms with van der Waals surface area (Å²) in [7, 11) is 0. The lowest BCUT2D eigenvalue weighted by molar-refractivity contribution is -0.122. The van der Waals surface area contributed by atoms with Crippen molar-refractivity contribution < 1.29 is 9.59 Å². The van der Waals surface area contributed by atoms with Crippen LogP contribution in [-0.2, 0) is 11.2 Å². The number of nitrogens with one attached hydrogen (secondary N) is 3. The zero-order chi connectivity index (χ0) is 17.9. The van der Waals surface area contributed by atoms with Crippen molar-refractivity contribution in [2.75, 3.05) is 19.6 Å². The Labute approximate surface area is 161 Å². The van der Waals surface area contributed by atoms with Gasteiger partial charge in [-0.15, -0.1) is 12.4 Å². The molecule has 0 saturated carbocycles. The molecular formula is C20H26ClN3O2. The maximum Gasteiger partial charge on any atom is 0.251 e. The molecule has 140 valence electrons. The van der Waals surface area contributed by atoms with Crippen molar-refractivity contribution in [2.45, 2.75) is 19.4 Å². The third-order valence-electron chi connectivity index (χ3n) is 3.79. The number of carbonyl (C=O) groups is 2. The predicted octanol–water partition coefficient (Wildman–Crippen LogP) is 2.18. The van der Waals surface area contributed by atoms with Crippen LogP contribution in [0.3, 0.4) is 0 Å². The van der Waals surface area contributed by atoms with Gasteiger partial charge < -0.3 is 16.0 Å². The summed E-state index contributed by atoms with van der Waals surface area (Å²) in [5, 5.41) is 8.89. The SMILES string of the molecule is CCNCCNC(=O)C(Cc1ccccc1)NC(=O)c1ccccc1.Cl. The highest BCUT2D eigenvalue weighted by atomic mass is 35.5. The van der Waals surface area contributed by atoms with Crippen molar-refractivity contribution in [1.82, 2.24) is 16.0 Å². The smallest absolute Gasteiger partial charge is 0.251 e. The Hall–Kier alpha value is -2.37. The van der Waals surface area contributed by atoms with Crippen molar-refractivity contribution in [3.8, 4) is 0 Å². The minimum Gasteiger partial charge on any atom is -0.353 e. The first kappa shape index (κ1) is 21.7. The number of amides is 2. The van der Waals surface area contributed by atoms with Gasteiger partial charge >= 0.3 is 0 Å². The quantitative estimate of drug-likeness (QED) is 0.588. The van der Waals surface area contributed by atoms with Crippen LogP contribution in [0.4, 0.5) is 0 Å². The van der Waals surface area contributed by atoms with E-state index in [-0.39, 0.29) is 24.2 Å². The molecule has 0 spiro atoms. The summed E-state index contributed by atoms with van der Waals surface area (Å²) in [6.07, 6.45) is 0.451. The lowest BCUT2D eigenvalue weighted by Gasteiger charge is -2.19. The van der Waals surface area contributed by atoms with E-state index in [0.717, 1.165) is 12.1 Å². The summed E-state index contributed by atoms with van der Waals surface area (Å²) in [5.74, 6) is -0.422. The molecule has 0 bridgehead atoms. The van der Waals surface area contributed by atoms with E-state index >= 15 is 0 Å². The Morgan fingerprint density at radius 2 is 1.54 bits per heavy atom. The van der Waals surface area contributed by atoms with Crippen LogP contribution in [0.25, 0.3) is 0 Å². The van der Waals surface area contributed by atoms with Gasteiger partial charge in [-0.05, 0) is 24.2 Å². The van der Waals surface area contributed by atoms with Crippen LogP contribution in [0.1, 0.15) is 22.8 Å². The van der Waals surface area contributed by atoms with Gasteiger partial charge in [0.05, 0.1) is 0 Å². The molecule has 3 N–H and O–H groups in total. The van der Waals surface area contributed by atoms with Crippen LogP contribution in [0.15, 0.2) is 60.7 Å². The van der Waals surface area contributed by atoms with Gasteiger partial charge in [0.25, 0.3) is 5.91 Å². The fraction of sp³-hybridized carbons (Fsp3) is 0.300. The molecule has 0 aliphatic carbocycles. The highest BCUT2D eigenvalue weighted by Crippen LogP contribution is 2.05. The second-order valence-electron chi connectivity index (χ2n) is 5.73. The molecule has 1 atom stereocenters. The van der Waals surface area contributed by atoms with E-state index in [4.69, 9.17) is 0 Å². The number of rotatable bonds is 9. The topological polar surface area (TPSA) is 70.2 Å². The van der Waals surface area contributed by atoms with Gasteiger partial charge in [-0.25, -0.2) is 0 Å². The van der Waals surface area contributed by atoms with Crippen molar-refractivity contribution >= 4 is 24.2 Å². The third-order valence-corrected chi connectivity index (χ3v) is 3.79. The molecule has 6 heteroatoms. The highest BCUT2D eigenvalue weighted by Gasteiger charge is 2.21. The first-order chi connectivity index (χ1) is 12.2. The molecule has 0 radical (unpaired) electrons. The molecule has 2 rings (SSSR count). The molecule has 0 fully saturated rings. The van der Waals surface area contributed by atoms with Crippen LogP contribution in [0, 0.1) is 0 Å². The Kier molecular flexibility index (Phi) is 10.1. The summed E-state index contributed by atoms with van der Waals surface area (Å²) in [5.41, 5.74) is 1.55. The van der Waals surface area contributed by atoms with E-state index in [9.17, 15) is 9.59 Å². The van der Waals surface area contributed by atoms with Gasteiger partial charge in [0.1, 0.15) is 6.04 Å². The standard InChI is InChI=1S/C20H25N3O2.ClH/c1-2-21-13-14-22-20(25)18(15-16-9-5-3-6-10-16)23-19(24)17-11-7-4-8-12-17;/h3-12,18,21H,2,13-15H2,1H3,(H,22,25)(H,23,24);1H. The van der Waals surface area contributed by atoms with E-state index in [0.29, 0.717) is 25.1 Å². The van der Waals surface area contributed by atoms with Gasteiger partial charge in [0, 0.05) is 25.1 Å². The summed E-state index contributed by atoms with van der Waals surface area (Å²) in [6.45, 7) is 4.10. The van der Waals surface area contributed by atoms with Crippen LogP contribution >= 0.6 is 12.4 Å². The van der Waals surface area contributed by atoms with E-state index in [2.05, 4.69) is 16.0 Å². The van der Waals surface area contributed by atoms with Gasteiger partial charge in [-0.2, -0.15) is 0 Å². The lowest BCUT2D eigenvalue weighted by atomic mass is 10.0. The number of hydrogen-bond acceptors (Lipinski definition) is 3. The predicted molar refractivity (Wildman–Crippen MR) is 107 cm³/mol. The number of benzene rings is 2. The minimum atomic E-state index is -0.614. The molecule has 0 heterocycles. The van der Waals surface area contributed by atoms with Crippen molar-refractivity contribution in [3.05, 3.63) is 71.8 Å². The normalized spacial score (nSPS) is 11.1. The molecule has 2 aromatic carbocycles. The van der Waals surface area contributed by atoms with Crippen LogP contribution < -0.4 is 16.0 Å². The van der Waals surface area contributed by atoms with E-state index in [1.807, 2.05) is 43.3 Å². The van der Waals surface area contributed by atoms with Crippen molar-refractivity contribution in [3.63, 3.8) is 0 Å². The fourth-order valence-corrected chi connectivity index (χ4v) is 2.46. The molecule has 2 amide bonds. The first-order valence-corrected chi connectivity index (χ1v) is 8.59. The average molecular weight is 376 g/mol. The largest absolute Gasteiger partial charge is 0.353 e.